The maximum Gasteiger partial charge on any atom is 0.393 e. The lowest BCUT2D eigenvalue weighted by Gasteiger charge is -2.42. The molecule has 0 saturated heterocycles. The molecule has 0 atom stereocenters. The van der Waals surface area contributed by atoms with Gasteiger partial charge < -0.3 is 4.90 Å². The maximum atomic E-state index is 14.2. The molecule has 0 aliphatic rings. The molecule has 0 aliphatic carbocycles. The summed E-state index contributed by atoms with van der Waals surface area (Å²) in [6.45, 7) is 1.71. The number of hydrogen-bond donors (Lipinski definition) is 0. The van der Waals surface area contributed by atoms with E-state index in [0.717, 1.165) is 0 Å². The molecule has 0 radical (unpaired) electrons. The Labute approximate surface area is 195 Å². The van der Waals surface area contributed by atoms with Crippen LogP contribution in [-0.2, 0) is 4.79 Å². The molecule has 1 amide bonds. The van der Waals surface area contributed by atoms with Crippen molar-refractivity contribution in [1.29, 1.82) is 0 Å². The molecule has 17 heteroatoms. The van der Waals surface area contributed by atoms with Crippen LogP contribution in [0.1, 0.15) is 52.4 Å². The second-order valence-electron chi connectivity index (χ2n) is 7.65. The van der Waals surface area contributed by atoms with Gasteiger partial charge in [-0.25, -0.2) is 0 Å². The van der Waals surface area contributed by atoms with Gasteiger partial charge >= 0.3 is 40.9 Å². The number of carbonyl (C=O) groups is 1. The van der Waals surface area contributed by atoms with Gasteiger partial charge in [0, 0.05) is 13.1 Å². The van der Waals surface area contributed by atoms with Crippen molar-refractivity contribution in [3.05, 3.63) is 0 Å². The molecule has 0 unspecified atom stereocenters. The van der Waals surface area contributed by atoms with Crippen molar-refractivity contribution < 1.29 is 66.3 Å². The zero-order valence-corrected chi connectivity index (χ0v) is 18.9. The lowest BCUT2D eigenvalue weighted by molar-refractivity contribution is -0.432. The minimum absolute atomic E-state index is 0.0763. The van der Waals surface area contributed by atoms with Gasteiger partial charge in [0.1, 0.15) is 0 Å². The molecular formula is C18H22ClF14NO. The second kappa shape index (κ2) is 11.0. The van der Waals surface area contributed by atoms with Crippen LogP contribution in [0.2, 0.25) is 0 Å². The first-order chi connectivity index (χ1) is 15.4. The standard InChI is InChI=1S/C18H22ClF14NO/c1-3-5-7-9-34(10-8-6-4-2)11(35)12(20,21)13(22,23)14(24,25)15(26,27)16(28,29)17(30,31)18(19,32)33/h3-10H2,1-2H3. The first-order valence-electron chi connectivity index (χ1n) is 10.1. The number of rotatable bonds is 15. The highest BCUT2D eigenvalue weighted by Gasteiger charge is 2.93. The van der Waals surface area contributed by atoms with E-state index < -0.39 is 59.9 Å². The Kier molecular flexibility index (Phi) is 10.6. The van der Waals surface area contributed by atoms with E-state index in [1.807, 2.05) is 0 Å². The Morgan fingerprint density at radius 1 is 0.571 bits per heavy atom. The Morgan fingerprint density at radius 2 is 0.886 bits per heavy atom. The van der Waals surface area contributed by atoms with Crippen molar-refractivity contribution in [2.24, 2.45) is 0 Å². The van der Waals surface area contributed by atoms with Crippen LogP contribution >= 0.6 is 11.6 Å². The van der Waals surface area contributed by atoms with Crippen molar-refractivity contribution in [3.8, 4) is 0 Å². The Hall–Kier alpha value is -1.22. The van der Waals surface area contributed by atoms with Crippen LogP contribution in [-0.4, -0.2) is 64.8 Å². The number of hydrogen-bond acceptors (Lipinski definition) is 1. The van der Waals surface area contributed by atoms with Crippen LogP contribution in [0.25, 0.3) is 0 Å². The molecule has 2 nitrogen and oxygen atoms in total. The molecule has 0 rings (SSSR count). The van der Waals surface area contributed by atoms with Crippen molar-refractivity contribution >= 4 is 17.5 Å². The smallest absolute Gasteiger partial charge is 0.337 e. The number of carbonyl (C=O) groups excluding carboxylic acids is 1. The first kappa shape index (κ1) is 33.8. The van der Waals surface area contributed by atoms with E-state index in [-0.39, 0.29) is 30.6 Å². The van der Waals surface area contributed by atoms with E-state index in [9.17, 15) is 66.3 Å². The fourth-order valence-corrected chi connectivity index (χ4v) is 2.84. The fraction of sp³-hybridized carbons (Fsp3) is 0.944. The number of halogens is 15. The summed E-state index contributed by atoms with van der Waals surface area (Å²) in [6, 6.07) is 0. The number of alkyl halides is 15. The molecule has 0 aromatic heterocycles. The predicted molar refractivity (Wildman–Crippen MR) is 96.1 cm³/mol. The summed E-state index contributed by atoms with van der Waals surface area (Å²) in [5.41, 5.74) is 0. The van der Waals surface area contributed by atoms with E-state index in [0.29, 0.717) is 12.8 Å². The van der Waals surface area contributed by atoms with E-state index in [2.05, 4.69) is 11.6 Å². The second-order valence-corrected chi connectivity index (χ2v) is 8.13. The van der Waals surface area contributed by atoms with Crippen molar-refractivity contribution in [2.75, 3.05) is 13.1 Å². The van der Waals surface area contributed by atoms with Gasteiger partial charge in [-0.1, -0.05) is 39.5 Å². The molecule has 210 valence electrons. The van der Waals surface area contributed by atoms with Gasteiger partial charge in [-0.15, -0.1) is 0 Å². The van der Waals surface area contributed by atoms with Crippen LogP contribution < -0.4 is 0 Å². The Morgan fingerprint density at radius 3 is 1.20 bits per heavy atom. The average molecular weight is 570 g/mol. The third-order valence-electron chi connectivity index (χ3n) is 4.95. The highest BCUT2D eigenvalue weighted by molar-refractivity contribution is 6.22. The lowest BCUT2D eigenvalue weighted by Crippen LogP contribution is -2.74. The molecular weight excluding hydrogens is 548 g/mol. The largest absolute Gasteiger partial charge is 0.393 e. The molecule has 0 aromatic rings. The molecule has 35 heavy (non-hydrogen) atoms. The van der Waals surface area contributed by atoms with Crippen LogP contribution in [0.5, 0.6) is 0 Å². The van der Waals surface area contributed by atoms with Gasteiger partial charge in [-0.05, 0) is 24.4 Å². The molecule has 0 aromatic carbocycles. The van der Waals surface area contributed by atoms with Gasteiger partial charge in [0.15, 0.2) is 0 Å². The van der Waals surface area contributed by atoms with Gasteiger partial charge in [0.25, 0.3) is 5.91 Å². The predicted octanol–water partition coefficient (Wildman–Crippen LogP) is 7.84. The zero-order chi connectivity index (χ0) is 28.3. The topological polar surface area (TPSA) is 20.3 Å². The van der Waals surface area contributed by atoms with Gasteiger partial charge in [0.2, 0.25) is 0 Å². The van der Waals surface area contributed by atoms with Crippen molar-refractivity contribution in [3.63, 3.8) is 0 Å². The lowest BCUT2D eigenvalue weighted by atomic mass is 9.90. The maximum absolute atomic E-state index is 14.2. The summed E-state index contributed by atoms with van der Waals surface area (Å²) >= 11 is 3.54. The zero-order valence-electron chi connectivity index (χ0n) is 18.2. The SMILES string of the molecule is CCCCCN(CCCCC)C(=O)C(F)(F)C(F)(F)C(F)(F)C(F)(F)C(F)(F)C(F)(F)C(F)(F)Cl. The van der Waals surface area contributed by atoms with Crippen LogP contribution in [0, 0.1) is 0 Å². The Balaban J connectivity index is 6.46. The van der Waals surface area contributed by atoms with Crippen LogP contribution in [0.4, 0.5) is 61.5 Å². The third kappa shape index (κ3) is 5.86. The Bertz CT molecular complexity index is 698. The summed E-state index contributed by atoms with van der Waals surface area (Å²) in [4.78, 5) is 11.9. The molecule has 0 saturated carbocycles. The highest BCUT2D eigenvalue weighted by atomic mass is 35.5. The summed E-state index contributed by atoms with van der Waals surface area (Å²) in [7, 11) is 0. The molecule has 0 fully saturated rings. The minimum atomic E-state index is -8.25. The highest BCUT2D eigenvalue weighted by Crippen LogP contribution is 2.62. The number of amides is 1. The van der Waals surface area contributed by atoms with Crippen molar-refractivity contribution in [2.45, 2.75) is 93.3 Å². The van der Waals surface area contributed by atoms with Crippen molar-refractivity contribution in [1.82, 2.24) is 4.90 Å². The minimum Gasteiger partial charge on any atom is -0.337 e. The van der Waals surface area contributed by atoms with E-state index >= 15 is 0 Å². The quantitative estimate of drug-likeness (QED) is 0.112. The fourth-order valence-electron chi connectivity index (χ4n) is 2.72. The average Bonchev–Trinajstić information content (AvgIpc) is 2.70. The van der Waals surface area contributed by atoms with Crippen LogP contribution in [0.15, 0.2) is 0 Å². The molecule has 0 bridgehead atoms. The number of nitrogens with zero attached hydrogens (tertiary/aromatic N) is 1. The molecule has 0 spiro atoms. The van der Waals surface area contributed by atoms with Gasteiger partial charge in [-0.3, -0.25) is 4.79 Å². The summed E-state index contributed by atoms with van der Waals surface area (Å²) in [5.74, 6) is -49.8. The van der Waals surface area contributed by atoms with Gasteiger partial charge in [0.05, 0.1) is 0 Å². The van der Waals surface area contributed by atoms with Gasteiger partial charge in [-0.2, -0.15) is 61.5 Å². The number of unbranched alkanes of at least 4 members (excludes halogenated alkanes) is 4. The summed E-state index contributed by atoms with van der Waals surface area (Å²) < 4.78 is 190. The van der Waals surface area contributed by atoms with E-state index in [4.69, 9.17) is 0 Å². The molecule has 0 N–H and O–H groups in total. The molecule has 0 aliphatic heterocycles. The van der Waals surface area contributed by atoms with E-state index in [1.165, 1.54) is 0 Å². The molecule has 0 heterocycles. The summed E-state index contributed by atoms with van der Waals surface area (Å²) in [5, 5.41) is -6.70. The normalized spacial score (nSPS) is 14.9. The third-order valence-corrected chi connectivity index (χ3v) is 5.18. The van der Waals surface area contributed by atoms with E-state index in [1.54, 1.807) is 13.8 Å². The summed E-state index contributed by atoms with van der Waals surface area (Å²) in [6.07, 6.45) is 1.00. The first-order valence-corrected chi connectivity index (χ1v) is 10.4. The van der Waals surface area contributed by atoms with Crippen LogP contribution in [0.3, 0.4) is 0 Å². The monoisotopic (exact) mass is 569 g/mol.